The van der Waals surface area contributed by atoms with Gasteiger partial charge in [0.25, 0.3) is 5.91 Å². The molecule has 0 bridgehead atoms. The van der Waals surface area contributed by atoms with E-state index in [1.165, 1.54) is 0 Å². The first-order valence-corrected chi connectivity index (χ1v) is 6.52. The largest absolute Gasteiger partial charge is 0.322 e. The molecule has 0 aliphatic rings. The summed E-state index contributed by atoms with van der Waals surface area (Å²) in [6.07, 6.45) is 1.73. The second-order valence-corrected chi connectivity index (χ2v) is 5.05. The van der Waals surface area contributed by atoms with E-state index >= 15 is 0 Å². The Bertz CT molecular complexity index is 751. The van der Waals surface area contributed by atoms with Crippen molar-refractivity contribution in [1.29, 1.82) is 0 Å². The number of aromatic amines is 1. The van der Waals surface area contributed by atoms with Crippen molar-refractivity contribution in [2.45, 2.75) is 0 Å². The number of nitrogens with zero attached hydrogens (tertiary/aromatic N) is 1. The highest BCUT2D eigenvalue weighted by molar-refractivity contribution is 9.10. The number of hydrogen-bond donors (Lipinski definition) is 2. The number of benzene rings is 2. The average molecular weight is 316 g/mol. The van der Waals surface area contributed by atoms with Gasteiger partial charge in [-0.1, -0.05) is 28.1 Å². The van der Waals surface area contributed by atoms with Crippen molar-refractivity contribution in [2.75, 3.05) is 5.32 Å². The highest BCUT2D eigenvalue weighted by Gasteiger charge is 2.07. The lowest BCUT2D eigenvalue weighted by Crippen LogP contribution is -2.11. The third kappa shape index (κ3) is 2.51. The molecule has 4 nitrogen and oxygen atoms in total. The van der Waals surface area contributed by atoms with Crippen LogP contribution < -0.4 is 5.32 Å². The average Bonchev–Trinajstić information content (AvgIpc) is 2.85. The van der Waals surface area contributed by atoms with E-state index in [0.29, 0.717) is 5.56 Å². The second kappa shape index (κ2) is 4.85. The Morgan fingerprint density at radius 3 is 2.95 bits per heavy atom. The molecule has 0 spiro atoms. The van der Waals surface area contributed by atoms with Crippen molar-refractivity contribution in [2.24, 2.45) is 0 Å². The van der Waals surface area contributed by atoms with Crippen molar-refractivity contribution in [3.8, 4) is 0 Å². The van der Waals surface area contributed by atoms with E-state index in [-0.39, 0.29) is 5.91 Å². The van der Waals surface area contributed by atoms with E-state index in [9.17, 15) is 4.79 Å². The summed E-state index contributed by atoms with van der Waals surface area (Å²) in [5.74, 6) is -0.144. The molecule has 1 heterocycles. The fourth-order valence-electron chi connectivity index (χ4n) is 1.85. The number of fused-ring (bicyclic) bond motifs is 1. The van der Waals surface area contributed by atoms with E-state index in [2.05, 4.69) is 31.4 Å². The van der Waals surface area contributed by atoms with Crippen LogP contribution in [0.3, 0.4) is 0 Å². The SMILES string of the molecule is O=C(Nc1cccc(Br)c1)c1ccc2cn[nH]c2c1. The Kier molecular flexibility index (Phi) is 3.05. The maximum absolute atomic E-state index is 12.1. The maximum Gasteiger partial charge on any atom is 0.255 e. The summed E-state index contributed by atoms with van der Waals surface area (Å²) < 4.78 is 0.925. The summed E-state index contributed by atoms with van der Waals surface area (Å²) >= 11 is 3.37. The van der Waals surface area contributed by atoms with Gasteiger partial charge in [0.2, 0.25) is 0 Å². The fraction of sp³-hybridized carbons (Fsp3) is 0. The first-order valence-electron chi connectivity index (χ1n) is 5.72. The number of hydrogen-bond acceptors (Lipinski definition) is 2. The molecule has 0 aliphatic heterocycles. The summed E-state index contributed by atoms with van der Waals surface area (Å²) in [7, 11) is 0. The molecule has 2 aromatic carbocycles. The summed E-state index contributed by atoms with van der Waals surface area (Å²) in [6.45, 7) is 0. The standard InChI is InChI=1S/C14H10BrN3O/c15-11-2-1-3-12(7-11)17-14(19)9-4-5-10-8-16-18-13(10)6-9/h1-8H,(H,16,18)(H,17,19). The van der Waals surface area contributed by atoms with Crippen molar-refractivity contribution in [3.05, 3.63) is 58.7 Å². The van der Waals surface area contributed by atoms with Gasteiger partial charge in [0.05, 0.1) is 11.7 Å². The van der Waals surface area contributed by atoms with Crippen LogP contribution >= 0.6 is 15.9 Å². The van der Waals surface area contributed by atoms with Crippen molar-refractivity contribution in [1.82, 2.24) is 10.2 Å². The topological polar surface area (TPSA) is 57.8 Å². The van der Waals surface area contributed by atoms with Crippen LogP contribution in [-0.4, -0.2) is 16.1 Å². The Morgan fingerprint density at radius 1 is 1.21 bits per heavy atom. The number of H-pyrrole nitrogens is 1. The van der Waals surface area contributed by atoms with Crippen molar-refractivity contribution >= 4 is 38.4 Å². The number of nitrogens with one attached hydrogen (secondary N) is 2. The molecule has 3 rings (SSSR count). The van der Waals surface area contributed by atoms with Crippen LogP contribution in [0.2, 0.25) is 0 Å². The predicted molar refractivity (Wildman–Crippen MR) is 78.2 cm³/mol. The van der Waals surface area contributed by atoms with Gasteiger partial charge in [-0.05, 0) is 30.3 Å². The first kappa shape index (κ1) is 11.9. The van der Waals surface area contributed by atoms with Gasteiger partial charge in [0.15, 0.2) is 0 Å². The van der Waals surface area contributed by atoms with E-state index in [1.807, 2.05) is 30.3 Å². The molecule has 2 N–H and O–H groups in total. The number of halogens is 1. The highest BCUT2D eigenvalue weighted by atomic mass is 79.9. The lowest BCUT2D eigenvalue weighted by molar-refractivity contribution is 0.102. The van der Waals surface area contributed by atoms with Gasteiger partial charge in [0.1, 0.15) is 0 Å². The van der Waals surface area contributed by atoms with Gasteiger partial charge < -0.3 is 5.32 Å². The molecule has 1 aromatic heterocycles. The molecule has 0 unspecified atom stereocenters. The van der Waals surface area contributed by atoms with E-state index in [4.69, 9.17) is 0 Å². The molecule has 94 valence electrons. The van der Waals surface area contributed by atoms with Gasteiger partial charge in [-0.3, -0.25) is 9.89 Å². The number of amides is 1. The molecule has 0 saturated heterocycles. The first-order chi connectivity index (χ1) is 9.22. The van der Waals surface area contributed by atoms with Crippen LogP contribution in [0.4, 0.5) is 5.69 Å². The predicted octanol–water partition coefficient (Wildman–Crippen LogP) is 3.58. The summed E-state index contributed by atoms with van der Waals surface area (Å²) in [4.78, 5) is 12.1. The third-order valence-corrected chi connectivity index (χ3v) is 3.28. The Labute approximate surface area is 118 Å². The number of carbonyl (C=O) groups excluding carboxylic acids is 1. The lowest BCUT2D eigenvalue weighted by Gasteiger charge is -2.05. The molecule has 0 atom stereocenters. The number of anilines is 1. The van der Waals surface area contributed by atoms with E-state index in [0.717, 1.165) is 21.1 Å². The zero-order valence-corrected chi connectivity index (χ0v) is 11.4. The minimum absolute atomic E-state index is 0.144. The van der Waals surface area contributed by atoms with Gasteiger partial charge in [-0.15, -0.1) is 0 Å². The Morgan fingerprint density at radius 2 is 2.11 bits per heavy atom. The minimum Gasteiger partial charge on any atom is -0.322 e. The van der Waals surface area contributed by atoms with Gasteiger partial charge in [-0.2, -0.15) is 5.10 Å². The van der Waals surface area contributed by atoms with E-state index in [1.54, 1.807) is 18.3 Å². The smallest absolute Gasteiger partial charge is 0.255 e. The van der Waals surface area contributed by atoms with Gasteiger partial charge in [0, 0.05) is 21.1 Å². The molecule has 0 aliphatic carbocycles. The van der Waals surface area contributed by atoms with Crippen LogP contribution in [0.5, 0.6) is 0 Å². The summed E-state index contributed by atoms with van der Waals surface area (Å²) in [6, 6.07) is 12.9. The van der Waals surface area contributed by atoms with Crippen LogP contribution in [-0.2, 0) is 0 Å². The van der Waals surface area contributed by atoms with E-state index < -0.39 is 0 Å². The molecular formula is C14H10BrN3O. The van der Waals surface area contributed by atoms with Gasteiger partial charge >= 0.3 is 0 Å². The number of carbonyl (C=O) groups is 1. The zero-order chi connectivity index (χ0) is 13.2. The Hall–Kier alpha value is -2.14. The third-order valence-electron chi connectivity index (χ3n) is 2.79. The molecule has 1 amide bonds. The molecule has 5 heteroatoms. The molecule has 3 aromatic rings. The summed E-state index contributed by atoms with van der Waals surface area (Å²) in [5, 5.41) is 10.6. The second-order valence-electron chi connectivity index (χ2n) is 4.14. The number of aromatic nitrogens is 2. The van der Waals surface area contributed by atoms with Crippen LogP contribution in [0, 0.1) is 0 Å². The van der Waals surface area contributed by atoms with Crippen LogP contribution in [0.15, 0.2) is 53.1 Å². The quantitative estimate of drug-likeness (QED) is 0.759. The molecule has 0 saturated carbocycles. The fourth-order valence-corrected chi connectivity index (χ4v) is 2.25. The molecule has 0 radical (unpaired) electrons. The molecule has 19 heavy (non-hydrogen) atoms. The molecular weight excluding hydrogens is 306 g/mol. The van der Waals surface area contributed by atoms with Crippen LogP contribution in [0.25, 0.3) is 10.9 Å². The number of rotatable bonds is 2. The van der Waals surface area contributed by atoms with Crippen molar-refractivity contribution in [3.63, 3.8) is 0 Å². The zero-order valence-electron chi connectivity index (χ0n) is 9.85. The van der Waals surface area contributed by atoms with Crippen LogP contribution in [0.1, 0.15) is 10.4 Å². The maximum atomic E-state index is 12.1. The highest BCUT2D eigenvalue weighted by Crippen LogP contribution is 2.18. The normalized spacial score (nSPS) is 10.6. The Balaban J connectivity index is 1.87. The van der Waals surface area contributed by atoms with Gasteiger partial charge in [-0.25, -0.2) is 0 Å². The summed E-state index contributed by atoms with van der Waals surface area (Å²) in [5.41, 5.74) is 2.20. The molecule has 0 fully saturated rings. The minimum atomic E-state index is -0.144. The van der Waals surface area contributed by atoms with Crippen molar-refractivity contribution < 1.29 is 4.79 Å². The monoisotopic (exact) mass is 315 g/mol. The lowest BCUT2D eigenvalue weighted by atomic mass is 10.1.